The molecular weight excluding hydrogens is 509 g/mol. The first-order valence-electron chi connectivity index (χ1n) is 10.8. The van der Waals surface area contributed by atoms with Gasteiger partial charge in [-0.15, -0.1) is 0 Å². The Morgan fingerprint density at radius 1 is 1.03 bits per heavy atom. The number of H-pyrrole nitrogens is 1. The molecule has 7 nitrogen and oxygen atoms in total. The van der Waals surface area contributed by atoms with Crippen LogP contribution < -0.4 is 14.8 Å². The number of aromatic amines is 1. The van der Waals surface area contributed by atoms with Crippen molar-refractivity contribution in [2.75, 3.05) is 17.1 Å². The van der Waals surface area contributed by atoms with E-state index in [4.69, 9.17) is 27.9 Å². The third-order valence-electron chi connectivity index (χ3n) is 5.45. The van der Waals surface area contributed by atoms with E-state index in [1.165, 1.54) is 31.4 Å². The number of carbonyl (C=O) groups excluding carboxylic acids is 1. The number of nitrogens with one attached hydrogen (secondary N) is 3. The number of rotatable bonds is 9. The number of sulfonamides is 1. The van der Waals surface area contributed by atoms with Crippen molar-refractivity contribution in [3.8, 4) is 5.75 Å². The minimum atomic E-state index is -3.98. The van der Waals surface area contributed by atoms with Gasteiger partial charge in [-0.25, -0.2) is 8.42 Å². The summed E-state index contributed by atoms with van der Waals surface area (Å²) in [6.45, 7) is 0. The molecule has 0 unspecified atom stereocenters. The molecule has 3 N–H and O–H groups in total. The van der Waals surface area contributed by atoms with Gasteiger partial charge < -0.3 is 15.0 Å². The summed E-state index contributed by atoms with van der Waals surface area (Å²) in [5.41, 5.74) is 2.85. The average Bonchev–Trinajstić information content (AvgIpc) is 3.24. The lowest BCUT2D eigenvalue weighted by molar-refractivity contribution is -0.116. The number of methoxy groups -OCH3 is 1. The smallest absolute Gasteiger partial charge is 0.262 e. The number of benzene rings is 3. The van der Waals surface area contributed by atoms with Crippen LogP contribution in [0.5, 0.6) is 5.75 Å². The fourth-order valence-corrected chi connectivity index (χ4v) is 5.16. The fraction of sp³-hybridized carbons (Fsp3) is 0.160. The highest BCUT2D eigenvalue weighted by molar-refractivity contribution is 7.92. The van der Waals surface area contributed by atoms with Gasteiger partial charge in [0, 0.05) is 29.2 Å². The highest BCUT2D eigenvalue weighted by Crippen LogP contribution is 2.31. The van der Waals surface area contributed by atoms with Crippen molar-refractivity contribution < 1.29 is 17.9 Å². The van der Waals surface area contributed by atoms with E-state index >= 15 is 0 Å². The first kappa shape index (κ1) is 24.9. The Kier molecular flexibility index (Phi) is 7.54. The standard InChI is InChI=1S/C25H23Cl2N3O4S/c1-34-24-12-9-17(13-23(24)30-35(32,33)18-10-11-20(26)21(27)14-18)29-25(31)8-4-5-16-15-28-22-7-3-2-6-19(16)22/h2-3,6-7,9-15,28,30H,4-5,8H2,1H3,(H,29,31). The molecule has 0 saturated heterocycles. The minimum Gasteiger partial charge on any atom is -0.495 e. The summed E-state index contributed by atoms with van der Waals surface area (Å²) >= 11 is 11.9. The number of fused-ring (bicyclic) bond motifs is 1. The second-order valence-corrected chi connectivity index (χ2v) is 10.4. The van der Waals surface area contributed by atoms with Gasteiger partial charge in [0.05, 0.1) is 27.7 Å². The van der Waals surface area contributed by atoms with E-state index in [1.807, 2.05) is 24.4 Å². The third kappa shape index (κ3) is 5.90. The minimum absolute atomic E-state index is 0.0549. The molecule has 3 aromatic carbocycles. The normalized spacial score (nSPS) is 11.4. The van der Waals surface area contributed by atoms with Crippen LogP contribution in [0.15, 0.2) is 71.8 Å². The topological polar surface area (TPSA) is 100 Å². The maximum Gasteiger partial charge on any atom is 0.262 e. The number of hydrogen-bond acceptors (Lipinski definition) is 4. The van der Waals surface area contributed by atoms with Gasteiger partial charge >= 0.3 is 0 Å². The molecule has 0 atom stereocenters. The Hall–Kier alpha value is -3.20. The predicted octanol–water partition coefficient (Wildman–Crippen LogP) is 6.25. The quantitative estimate of drug-likeness (QED) is 0.237. The Labute approximate surface area is 213 Å². The maximum atomic E-state index is 12.9. The zero-order valence-electron chi connectivity index (χ0n) is 18.8. The van der Waals surface area contributed by atoms with E-state index in [-0.39, 0.29) is 26.5 Å². The summed E-state index contributed by atoms with van der Waals surface area (Å²) in [6.07, 6.45) is 3.71. The molecule has 1 aromatic heterocycles. The monoisotopic (exact) mass is 531 g/mol. The molecule has 0 bridgehead atoms. The van der Waals surface area contributed by atoms with Crippen LogP contribution in [0, 0.1) is 0 Å². The zero-order chi connectivity index (χ0) is 25.0. The number of amides is 1. The molecular formula is C25H23Cl2N3O4S. The average molecular weight is 532 g/mol. The molecule has 4 aromatic rings. The molecule has 1 heterocycles. The van der Waals surface area contributed by atoms with Gasteiger partial charge in [-0.1, -0.05) is 41.4 Å². The summed E-state index contributed by atoms with van der Waals surface area (Å²) in [7, 11) is -2.55. The lowest BCUT2D eigenvalue weighted by Gasteiger charge is -2.14. The van der Waals surface area contributed by atoms with Crippen molar-refractivity contribution in [1.29, 1.82) is 0 Å². The van der Waals surface area contributed by atoms with E-state index in [2.05, 4.69) is 21.1 Å². The number of aromatic nitrogens is 1. The summed E-state index contributed by atoms with van der Waals surface area (Å²) in [4.78, 5) is 15.7. The van der Waals surface area contributed by atoms with E-state index in [0.717, 1.165) is 22.9 Å². The van der Waals surface area contributed by atoms with Gasteiger partial charge in [-0.05, 0) is 60.9 Å². The van der Waals surface area contributed by atoms with Crippen LogP contribution in [0.4, 0.5) is 11.4 Å². The van der Waals surface area contributed by atoms with Gasteiger partial charge in [-0.2, -0.15) is 0 Å². The second kappa shape index (κ2) is 10.6. The molecule has 0 radical (unpaired) electrons. The van der Waals surface area contributed by atoms with Crippen LogP contribution in [-0.2, 0) is 21.2 Å². The molecule has 0 spiro atoms. The van der Waals surface area contributed by atoms with Gasteiger partial charge in [0.15, 0.2) is 0 Å². The lowest BCUT2D eigenvalue weighted by Crippen LogP contribution is -2.15. The second-order valence-electron chi connectivity index (χ2n) is 7.86. The number of anilines is 2. The van der Waals surface area contributed by atoms with E-state index < -0.39 is 10.0 Å². The van der Waals surface area contributed by atoms with Crippen molar-refractivity contribution in [3.05, 3.63) is 82.5 Å². The summed E-state index contributed by atoms with van der Waals surface area (Å²) in [5.74, 6) is 0.124. The Morgan fingerprint density at radius 3 is 2.60 bits per heavy atom. The van der Waals surface area contributed by atoms with Crippen LogP contribution in [0.25, 0.3) is 10.9 Å². The van der Waals surface area contributed by atoms with Crippen molar-refractivity contribution in [1.82, 2.24) is 4.98 Å². The lowest BCUT2D eigenvalue weighted by atomic mass is 10.1. The van der Waals surface area contributed by atoms with Crippen LogP contribution in [-0.4, -0.2) is 26.4 Å². The molecule has 10 heteroatoms. The Morgan fingerprint density at radius 2 is 1.83 bits per heavy atom. The van der Waals surface area contributed by atoms with Crippen LogP contribution in [0.1, 0.15) is 18.4 Å². The summed E-state index contributed by atoms with van der Waals surface area (Å²) < 4.78 is 33.5. The van der Waals surface area contributed by atoms with Gasteiger partial charge in [0.1, 0.15) is 5.75 Å². The number of aryl methyl sites for hydroxylation is 1. The van der Waals surface area contributed by atoms with Gasteiger partial charge in [0.2, 0.25) is 5.91 Å². The van der Waals surface area contributed by atoms with E-state index in [9.17, 15) is 13.2 Å². The Bertz CT molecular complexity index is 1490. The van der Waals surface area contributed by atoms with Crippen LogP contribution >= 0.6 is 23.2 Å². The molecule has 4 rings (SSSR count). The van der Waals surface area contributed by atoms with Gasteiger partial charge in [0.25, 0.3) is 10.0 Å². The number of ether oxygens (including phenoxy) is 1. The van der Waals surface area contributed by atoms with Crippen molar-refractivity contribution in [2.24, 2.45) is 0 Å². The molecule has 0 aliphatic heterocycles. The number of halogens is 2. The largest absolute Gasteiger partial charge is 0.495 e. The number of carbonyl (C=O) groups is 1. The van der Waals surface area contributed by atoms with Crippen LogP contribution in [0.2, 0.25) is 10.0 Å². The summed E-state index contributed by atoms with van der Waals surface area (Å²) in [5, 5.41) is 4.34. The molecule has 0 fully saturated rings. The third-order valence-corrected chi connectivity index (χ3v) is 7.56. The van der Waals surface area contributed by atoms with Crippen molar-refractivity contribution in [2.45, 2.75) is 24.2 Å². The molecule has 0 aliphatic carbocycles. The molecule has 35 heavy (non-hydrogen) atoms. The van der Waals surface area contributed by atoms with Crippen molar-refractivity contribution in [3.63, 3.8) is 0 Å². The Balaban J connectivity index is 1.42. The van der Waals surface area contributed by atoms with Gasteiger partial charge in [-0.3, -0.25) is 9.52 Å². The zero-order valence-corrected chi connectivity index (χ0v) is 21.1. The maximum absolute atomic E-state index is 12.9. The van der Waals surface area contributed by atoms with E-state index in [0.29, 0.717) is 24.3 Å². The predicted molar refractivity (Wildman–Crippen MR) is 140 cm³/mol. The molecule has 1 amide bonds. The van der Waals surface area contributed by atoms with Crippen LogP contribution in [0.3, 0.4) is 0 Å². The highest BCUT2D eigenvalue weighted by atomic mass is 35.5. The first-order chi connectivity index (χ1) is 16.8. The SMILES string of the molecule is COc1ccc(NC(=O)CCCc2c[nH]c3ccccc23)cc1NS(=O)(=O)c1ccc(Cl)c(Cl)c1. The number of para-hydroxylation sites is 1. The molecule has 182 valence electrons. The molecule has 0 saturated carbocycles. The summed E-state index contributed by atoms with van der Waals surface area (Å²) in [6, 6.07) is 16.8. The van der Waals surface area contributed by atoms with Crippen molar-refractivity contribution >= 4 is 61.4 Å². The fourth-order valence-electron chi connectivity index (χ4n) is 3.71. The first-order valence-corrected chi connectivity index (χ1v) is 13.0. The molecule has 0 aliphatic rings. The van der Waals surface area contributed by atoms with E-state index in [1.54, 1.807) is 12.1 Å². The number of hydrogen-bond donors (Lipinski definition) is 3. The highest BCUT2D eigenvalue weighted by Gasteiger charge is 2.19.